The molecule has 21 heavy (non-hydrogen) atoms. The summed E-state index contributed by atoms with van der Waals surface area (Å²) in [6, 6.07) is 6.78. The number of halogens is 3. The Bertz CT molecular complexity index is 843. The summed E-state index contributed by atoms with van der Waals surface area (Å²) < 4.78 is 13.9. The third kappa shape index (κ3) is 2.57. The maximum Gasteiger partial charge on any atom is 0.127 e. The van der Waals surface area contributed by atoms with Crippen molar-refractivity contribution >= 4 is 39.9 Å². The van der Waals surface area contributed by atoms with E-state index in [2.05, 4.69) is 9.97 Å². The van der Waals surface area contributed by atoms with Crippen molar-refractivity contribution in [3.63, 3.8) is 0 Å². The van der Waals surface area contributed by atoms with Crippen LogP contribution in [0.15, 0.2) is 24.3 Å². The zero-order valence-corrected chi connectivity index (χ0v) is 12.7. The summed E-state index contributed by atoms with van der Waals surface area (Å²) in [6.45, 7) is 1.85. The second kappa shape index (κ2) is 5.20. The third-order valence-corrected chi connectivity index (χ3v) is 4.02. The van der Waals surface area contributed by atoms with Crippen LogP contribution >= 0.6 is 23.2 Å². The van der Waals surface area contributed by atoms with Gasteiger partial charge in [-0.1, -0.05) is 35.3 Å². The second-order valence-corrected chi connectivity index (χ2v) is 5.72. The molecule has 0 aliphatic heterocycles. The smallest absolute Gasteiger partial charge is 0.127 e. The SMILES string of the molecule is Cc1ccc(Cc2nc3c(Cl)c(N)c(Cl)cc3[nH]2)c(F)c1. The molecule has 0 bridgehead atoms. The highest BCUT2D eigenvalue weighted by Crippen LogP contribution is 2.34. The molecule has 108 valence electrons. The van der Waals surface area contributed by atoms with E-state index in [1.54, 1.807) is 12.1 Å². The number of aryl methyl sites for hydroxylation is 1. The van der Waals surface area contributed by atoms with Crippen molar-refractivity contribution < 1.29 is 4.39 Å². The number of imidazole rings is 1. The molecule has 3 aromatic rings. The van der Waals surface area contributed by atoms with Crippen molar-refractivity contribution in [2.75, 3.05) is 5.73 Å². The molecule has 0 spiro atoms. The lowest BCUT2D eigenvalue weighted by molar-refractivity contribution is 0.611. The van der Waals surface area contributed by atoms with E-state index in [1.165, 1.54) is 6.07 Å². The largest absolute Gasteiger partial charge is 0.396 e. The standard InChI is InChI=1S/C15H12Cl2FN3/c1-7-2-3-8(10(18)4-7)5-12-20-11-6-9(16)14(19)13(17)15(11)21-12/h2-4,6H,5,19H2,1H3,(H,20,21). The highest BCUT2D eigenvalue weighted by molar-refractivity contribution is 6.42. The predicted molar refractivity (Wildman–Crippen MR) is 84.5 cm³/mol. The van der Waals surface area contributed by atoms with Gasteiger partial charge in [0.1, 0.15) is 17.2 Å². The van der Waals surface area contributed by atoms with E-state index < -0.39 is 0 Å². The molecule has 0 aliphatic carbocycles. The van der Waals surface area contributed by atoms with Crippen molar-refractivity contribution in [3.8, 4) is 0 Å². The molecule has 3 nitrogen and oxygen atoms in total. The van der Waals surface area contributed by atoms with Crippen LogP contribution in [0.1, 0.15) is 17.0 Å². The van der Waals surface area contributed by atoms with Gasteiger partial charge in [-0.2, -0.15) is 0 Å². The zero-order chi connectivity index (χ0) is 15.1. The normalized spacial score (nSPS) is 11.2. The Balaban J connectivity index is 2.04. The lowest BCUT2D eigenvalue weighted by atomic mass is 10.1. The molecule has 0 amide bonds. The van der Waals surface area contributed by atoms with Gasteiger partial charge in [0.25, 0.3) is 0 Å². The molecule has 1 heterocycles. The predicted octanol–water partition coefficient (Wildman–Crippen LogP) is 4.49. The average molecular weight is 324 g/mol. The number of nitrogen functional groups attached to an aromatic ring is 1. The Morgan fingerprint density at radius 1 is 1.29 bits per heavy atom. The molecule has 0 atom stereocenters. The number of aromatic nitrogens is 2. The quantitative estimate of drug-likeness (QED) is 0.682. The Hall–Kier alpha value is -1.78. The lowest BCUT2D eigenvalue weighted by Gasteiger charge is -2.01. The molecular formula is C15H12Cl2FN3. The van der Waals surface area contributed by atoms with Crippen molar-refractivity contribution in [2.45, 2.75) is 13.3 Å². The summed E-state index contributed by atoms with van der Waals surface area (Å²) in [5.74, 6) is 0.357. The fourth-order valence-electron chi connectivity index (χ4n) is 2.21. The van der Waals surface area contributed by atoms with E-state index in [1.807, 2.05) is 13.0 Å². The van der Waals surface area contributed by atoms with E-state index in [9.17, 15) is 4.39 Å². The topological polar surface area (TPSA) is 54.7 Å². The monoisotopic (exact) mass is 323 g/mol. The molecule has 0 saturated heterocycles. The van der Waals surface area contributed by atoms with Crippen LogP contribution in [0.4, 0.5) is 10.1 Å². The number of rotatable bonds is 2. The number of nitrogens with one attached hydrogen (secondary N) is 1. The fourth-order valence-corrected chi connectivity index (χ4v) is 2.70. The lowest BCUT2D eigenvalue weighted by Crippen LogP contribution is -1.95. The molecule has 2 aromatic carbocycles. The first kappa shape index (κ1) is 14.2. The van der Waals surface area contributed by atoms with Crippen molar-refractivity contribution in [1.29, 1.82) is 0 Å². The van der Waals surface area contributed by atoms with Crippen LogP contribution in [-0.2, 0) is 6.42 Å². The van der Waals surface area contributed by atoms with Gasteiger partial charge in [0.15, 0.2) is 0 Å². The molecule has 0 saturated carbocycles. The minimum absolute atomic E-state index is 0.251. The minimum atomic E-state index is -0.251. The van der Waals surface area contributed by atoms with E-state index in [0.717, 1.165) is 5.56 Å². The van der Waals surface area contributed by atoms with Crippen LogP contribution in [0.3, 0.4) is 0 Å². The number of nitrogens with zero attached hydrogens (tertiary/aromatic N) is 1. The molecule has 3 rings (SSSR count). The molecule has 0 radical (unpaired) electrons. The van der Waals surface area contributed by atoms with E-state index in [-0.39, 0.29) is 5.82 Å². The number of fused-ring (bicyclic) bond motifs is 1. The van der Waals surface area contributed by atoms with E-state index >= 15 is 0 Å². The summed E-state index contributed by atoms with van der Waals surface area (Å²) in [4.78, 5) is 7.47. The Labute approximate surface area is 130 Å². The van der Waals surface area contributed by atoms with Crippen LogP contribution in [0.2, 0.25) is 10.0 Å². The van der Waals surface area contributed by atoms with E-state index in [0.29, 0.717) is 44.6 Å². The summed E-state index contributed by atoms with van der Waals surface area (Å²) in [5, 5.41) is 0.675. The summed E-state index contributed by atoms with van der Waals surface area (Å²) >= 11 is 12.1. The molecule has 1 aromatic heterocycles. The van der Waals surface area contributed by atoms with Gasteiger partial charge in [0.2, 0.25) is 0 Å². The summed E-state index contributed by atoms with van der Waals surface area (Å²) in [7, 11) is 0. The van der Waals surface area contributed by atoms with Crippen LogP contribution in [0.25, 0.3) is 11.0 Å². The zero-order valence-electron chi connectivity index (χ0n) is 11.2. The van der Waals surface area contributed by atoms with Gasteiger partial charge in [0, 0.05) is 6.42 Å². The number of hydrogen-bond donors (Lipinski definition) is 2. The van der Waals surface area contributed by atoms with Crippen LogP contribution < -0.4 is 5.73 Å². The molecule has 0 fully saturated rings. The highest BCUT2D eigenvalue weighted by atomic mass is 35.5. The Morgan fingerprint density at radius 3 is 2.76 bits per heavy atom. The Kier molecular flexibility index (Phi) is 3.51. The second-order valence-electron chi connectivity index (χ2n) is 4.94. The third-order valence-electron chi connectivity index (χ3n) is 3.32. The molecule has 0 aliphatic rings. The maximum absolute atomic E-state index is 13.9. The minimum Gasteiger partial charge on any atom is -0.396 e. The van der Waals surface area contributed by atoms with E-state index in [4.69, 9.17) is 28.9 Å². The first-order chi connectivity index (χ1) is 9.95. The van der Waals surface area contributed by atoms with Gasteiger partial charge in [-0.3, -0.25) is 0 Å². The van der Waals surface area contributed by atoms with Crippen LogP contribution in [0.5, 0.6) is 0 Å². The molecule has 0 unspecified atom stereocenters. The maximum atomic E-state index is 13.9. The van der Waals surface area contributed by atoms with Gasteiger partial charge in [-0.25, -0.2) is 9.37 Å². The average Bonchev–Trinajstić information content (AvgIpc) is 2.82. The number of nitrogens with two attached hydrogens (primary N) is 1. The number of H-pyrrole nitrogens is 1. The number of aromatic amines is 1. The molecular weight excluding hydrogens is 312 g/mol. The van der Waals surface area contributed by atoms with Crippen molar-refractivity contribution in [2.24, 2.45) is 0 Å². The molecule has 6 heteroatoms. The van der Waals surface area contributed by atoms with Gasteiger partial charge < -0.3 is 10.7 Å². The van der Waals surface area contributed by atoms with Crippen molar-refractivity contribution in [1.82, 2.24) is 9.97 Å². The first-order valence-electron chi connectivity index (χ1n) is 6.33. The van der Waals surface area contributed by atoms with Crippen molar-refractivity contribution in [3.05, 3.63) is 57.1 Å². The fraction of sp³-hybridized carbons (Fsp3) is 0.133. The summed E-state index contributed by atoms with van der Waals surface area (Å²) in [5.41, 5.74) is 8.74. The number of hydrogen-bond acceptors (Lipinski definition) is 2. The first-order valence-corrected chi connectivity index (χ1v) is 7.08. The van der Waals surface area contributed by atoms with Gasteiger partial charge in [-0.05, 0) is 30.2 Å². The summed E-state index contributed by atoms with van der Waals surface area (Å²) in [6.07, 6.45) is 0.342. The highest BCUT2D eigenvalue weighted by Gasteiger charge is 2.13. The number of anilines is 1. The van der Waals surface area contributed by atoms with Gasteiger partial charge in [-0.15, -0.1) is 0 Å². The van der Waals surface area contributed by atoms with Crippen LogP contribution in [-0.4, -0.2) is 9.97 Å². The van der Waals surface area contributed by atoms with Gasteiger partial charge in [0.05, 0.1) is 21.2 Å². The van der Waals surface area contributed by atoms with Crippen LogP contribution in [0, 0.1) is 12.7 Å². The number of benzene rings is 2. The Morgan fingerprint density at radius 2 is 2.05 bits per heavy atom. The van der Waals surface area contributed by atoms with Gasteiger partial charge >= 0.3 is 0 Å². The molecule has 3 N–H and O–H groups in total.